The quantitative estimate of drug-likeness (QED) is 0.277. The van der Waals surface area contributed by atoms with E-state index >= 15 is 0 Å². The zero-order chi connectivity index (χ0) is 22.7. The molecule has 0 unspecified atom stereocenters. The Kier molecular flexibility index (Phi) is 5.67. The summed E-state index contributed by atoms with van der Waals surface area (Å²) in [6.45, 7) is 2.21. The summed E-state index contributed by atoms with van der Waals surface area (Å²) in [6.07, 6.45) is 1.32. The fraction of sp³-hybridized carbons (Fsp3) is 0.0833. The van der Waals surface area contributed by atoms with Crippen LogP contribution in [0.4, 0.5) is 11.4 Å². The maximum absolute atomic E-state index is 12.9. The predicted octanol–water partition coefficient (Wildman–Crippen LogP) is 3.94. The number of nitro benzene ring substituents is 1. The van der Waals surface area contributed by atoms with Crippen molar-refractivity contribution in [2.75, 3.05) is 5.01 Å². The van der Waals surface area contributed by atoms with E-state index in [-0.39, 0.29) is 23.4 Å². The van der Waals surface area contributed by atoms with Gasteiger partial charge in [0.2, 0.25) is 0 Å². The highest BCUT2D eigenvalue weighted by Crippen LogP contribution is 2.29. The van der Waals surface area contributed by atoms with E-state index in [9.17, 15) is 19.7 Å². The normalized spacial score (nSPS) is 14.5. The zero-order valence-corrected chi connectivity index (χ0v) is 17.1. The molecule has 4 rings (SSSR count). The van der Waals surface area contributed by atoms with Crippen LogP contribution in [0.3, 0.4) is 0 Å². The maximum atomic E-state index is 12.9. The second kappa shape index (κ2) is 8.73. The minimum atomic E-state index is -0.602. The molecule has 0 aliphatic carbocycles. The third-order valence-electron chi connectivity index (χ3n) is 4.92. The second-order valence-electron chi connectivity index (χ2n) is 7.23. The van der Waals surface area contributed by atoms with Crippen LogP contribution in [-0.4, -0.2) is 16.7 Å². The molecule has 8 nitrogen and oxygen atoms in total. The highest BCUT2D eigenvalue weighted by atomic mass is 16.6. The second-order valence-corrected chi connectivity index (χ2v) is 7.23. The van der Waals surface area contributed by atoms with E-state index in [1.54, 1.807) is 30.3 Å². The Hall–Kier alpha value is -4.46. The predicted molar refractivity (Wildman–Crippen MR) is 119 cm³/mol. The molecule has 0 saturated carbocycles. The van der Waals surface area contributed by atoms with Crippen LogP contribution in [0.2, 0.25) is 0 Å². The van der Waals surface area contributed by atoms with Crippen LogP contribution in [0.15, 0.2) is 78.4 Å². The number of non-ortho nitro benzene ring substituents is 1. The molecule has 160 valence electrons. The van der Waals surface area contributed by atoms with E-state index in [4.69, 9.17) is 4.74 Å². The molecular weight excluding hydrogens is 410 g/mol. The summed E-state index contributed by atoms with van der Waals surface area (Å²) in [7, 11) is 0. The van der Waals surface area contributed by atoms with Gasteiger partial charge in [0.25, 0.3) is 17.5 Å². The number of nitro groups is 1. The highest BCUT2D eigenvalue weighted by Gasteiger charge is 2.34. The van der Waals surface area contributed by atoms with E-state index in [1.807, 2.05) is 31.2 Å². The summed E-state index contributed by atoms with van der Waals surface area (Å²) < 4.78 is 5.87. The van der Waals surface area contributed by atoms with Crippen molar-refractivity contribution in [3.05, 3.63) is 105 Å². The summed E-state index contributed by atoms with van der Waals surface area (Å²) in [5, 5.41) is 12.4. The molecule has 0 radical (unpaired) electrons. The first kappa shape index (κ1) is 20.8. The topological polar surface area (TPSA) is 102 Å². The standard InChI is InChI=1S/C24H19N3O5/c1-16-7-9-17(10-8-16)15-32-22-12-11-20(27(30)31)13-18(22)14-21-23(28)25-26(24(21)29)19-5-3-2-4-6-19/h2-14H,15H2,1H3,(H,25,28)/b21-14-. The number of carbonyl (C=O) groups is 2. The lowest BCUT2D eigenvalue weighted by Crippen LogP contribution is -2.35. The Morgan fingerprint density at radius 2 is 1.75 bits per heavy atom. The summed E-state index contributed by atoms with van der Waals surface area (Å²) in [6, 6.07) is 20.5. The van der Waals surface area contributed by atoms with Crippen molar-refractivity contribution in [3.8, 4) is 5.75 Å². The molecule has 32 heavy (non-hydrogen) atoms. The van der Waals surface area contributed by atoms with Gasteiger partial charge in [-0.05, 0) is 36.8 Å². The van der Waals surface area contributed by atoms with Crippen molar-refractivity contribution in [1.82, 2.24) is 5.43 Å². The van der Waals surface area contributed by atoms with Crippen LogP contribution in [0.5, 0.6) is 5.75 Å². The minimum absolute atomic E-state index is 0.144. The lowest BCUT2D eigenvalue weighted by atomic mass is 10.1. The highest BCUT2D eigenvalue weighted by molar-refractivity contribution is 6.31. The van der Waals surface area contributed by atoms with Crippen LogP contribution >= 0.6 is 0 Å². The van der Waals surface area contributed by atoms with Crippen molar-refractivity contribution in [3.63, 3.8) is 0 Å². The molecule has 0 atom stereocenters. The Morgan fingerprint density at radius 1 is 1.03 bits per heavy atom. The number of anilines is 1. The molecule has 8 heteroatoms. The largest absolute Gasteiger partial charge is 0.488 e. The monoisotopic (exact) mass is 429 g/mol. The van der Waals surface area contributed by atoms with Crippen LogP contribution in [0, 0.1) is 17.0 Å². The molecule has 0 spiro atoms. The van der Waals surface area contributed by atoms with E-state index in [0.29, 0.717) is 11.4 Å². The van der Waals surface area contributed by atoms with Crippen LogP contribution < -0.4 is 15.2 Å². The van der Waals surface area contributed by atoms with Gasteiger partial charge < -0.3 is 4.74 Å². The Morgan fingerprint density at radius 3 is 2.44 bits per heavy atom. The molecule has 1 aliphatic rings. The first-order chi connectivity index (χ1) is 15.4. The summed E-state index contributed by atoms with van der Waals surface area (Å²) in [5.41, 5.74) is 4.99. The first-order valence-electron chi connectivity index (χ1n) is 9.81. The minimum Gasteiger partial charge on any atom is -0.488 e. The summed E-state index contributed by atoms with van der Waals surface area (Å²) in [4.78, 5) is 36.1. The number of ether oxygens (including phenoxy) is 1. The number of aryl methyl sites for hydroxylation is 1. The molecule has 2 amide bonds. The molecule has 3 aromatic carbocycles. The SMILES string of the molecule is Cc1ccc(COc2ccc([N+](=O)[O-])cc2/C=C2/C(=O)NN(c3ccccc3)C2=O)cc1. The number of para-hydroxylation sites is 1. The average Bonchev–Trinajstić information content (AvgIpc) is 3.08. The first-order valence-corrected chi connectivity index (χ1v) is 9.81. The van der Waals surface area contributed by atoms with E-state index in [0.717, 1.165) is 16.1 Å². The number of amides is 2. The number of hydrogen-bond acceptors (Lipinski definition) is 5. The van der Waals surface area contributed by atoms with Gasteiger partial charge in [0.15, 0.2) is 0 Å². The third kappa shape index (κ3) is 4.34. The van der Waals surface area contributed by atoms with Gasteiger partial charge in [-0.1, -0.05) is 48.0 Å². The van der Waals surface area contributed by atoms with Gasteiger partial charge in [0, 0.05) is 17.7 Å². The fourth-order valence-corrected chi connectivity index (χ4v) is 3.21. The van der Waals surface area contributed by atoms with E-state index < -0.39 is 16.7 Å². The fourth-order valence-electron chi connectivity index (χ4n) is 3.21. The molecule has 0 bridgehead atoms. The molecule has 1 fully saturated rings. The number of benzene rings is 3. The number of carbonyl (C=O) groups excluding carboxylic acids is 2. The molecule has 3 aromatic rings. The summed E-state index contributed by atoms with van der Waals surface area (Å²) >= 11 is 0. The van der Waals surface area contributed by atoms with E-state index in [1.165, 1.54) is 24.3 Å². The Balaban J connectivity index is 1.66. The molecule has 0 aromatic heterocycles. The van der Waals surface area contributed by atoms with Crippen molar-refractivity contribution in [2.24, 2.45) is 0 Å². The molecule has 1 N–H and O–H groups in total. The summed E-state index contributed by atoms with van der Waals surface area (Å²) in [5.74, 6) is -0.838. The maximum Gasteiger partial charge on any atom is 0.282 e. The Bertz CT molecular complexity index is 1220. The van der Waals surface area contributed by atoms with Gasteiger partial charge >= 0.3 is 0 Å². The number of nitrogens with one attached hydrogen (secondary N) is 1. The molecule has 1 heterocycles. The van der Waals surface area contributed by atoms with Gasteiger partial charge in [-0.25, -0.2) is 5.01 Å². The van der Waals surface area contributed by atoms with Crippen LogP contribution in [0.1, 0.15) is 16.7 Å². The molecular formula is C24H19N3O5. The Labute approximate surface area is 183 Å². The average molecular weight is 429 g/mol. The van der Waals surface area contributed by atoms with Crippen molar-refractivity contribution in [2.45, 2.75) is 13.5 Å². The zero-order valence-electron chi connectivity index (χ0n) is 17.1. The van der Waals surface area contributed by atoms with Crippen molar-refractivity contribution in [1.29, 1.82) is 0 Å². The van der Waals surface area contributed by atoms with Crippen molar-refractivity contribution < 1.29 is 19.2 Å². The van der Waals surface area contributed by atoms with Gasteiger partial charge in [-0.15, -0.1) is 0 Å². The van der Waals surface area contributed by atoms with E-state index in [2.05, 4.69) is 5.43 Å². The number of rotatable bonds is 6. The number of hydrogen-bond donors (Lipinski definition) is 1. The lowest BCUT2D eigenvalue weighted by Gasteiger charge is -2.14. The van der Waals surface area contributed by atoms with Gasteiger partial charge in [-0.3, -0.25) is 25.1 Å². The molecule has 1 saturated heterocycles. The van der Waals surface area contributed by atoms with Gasteiger partial charge in [-0.2, -0.15) is 0 Å². The number of hydrazine groups is 1. The third-order valence-corrected chi connectivity index (χ3v) is 4.92. The lowest BCUT2D eigenvalue weighted by molar-refractivity contribution is -0.384. The van der Waals surface area contributed by atoms with Gasteiger partial charge in [0.1, 0.15) is 17.9 Å². The molecule has 1 aliphatic heterocycles. The van der Waals surface area contributed by atoms with Crippen LogP contribution in [0.25, 0.3) is 6.08 Å². The van der Waals surface area contributed by atoms with Crippen molar-refractivity contribution >= 4 is 29.3 Å². The van der Waals surface area contributed by atoms with Crippen LogP contribution in [-0.2, 0) is 16.2 Å². The number of nitrogens with zero attached hydrogens (tertiary/aromatic N) is 2. The van der Waals surface area contributed by atoms with Gasteiger partial charge in [0.05, 0.1) is 10.6 Å². The smallest absolute Gasteiger partial charge is 0.282 e.